The second-order valence-electron chi connectivity index (χ2n) is 6.16. The lowest BCUT2D eigenvalue weighted by atomic mass is 10.0. The Labute approximate surface area is 182 Å². The van der Waals surface area contributed by atoms with Crippen LogP contribution in [-0.2, 0) is 11.3 Å². The SMILES string of the molecule is COC(=O)c1[nH]c(CNC(=O)c2ncc[nH]2)c(-c2ccc(OC)c(OC)c2OC)c1Cl. The van der Waals surface area contributed by atoms with Gasteiger partial charge in [-0.25, -0.2) is 9.78 Å². The van der Waals surface area contributed by atoms with Gasteiger partial charge in [-0.05, 0) is 12.1 Å². The summed E-state index contributed by atoms with van der Waals surface area (Å²) in [5, 5.41) is 2.84. The van der Waals surface area contributed by atoms with Crippen molar-refractivity contribution in [3.63, 3.8) is 0 Å². The zero-order valence-electron chi connectivity index (χ0n) is 17.3. The highest BCUT2D eigenvalue weighted by Crippen LogP contribution is 2.47. The van der Waals surface area contributed by atoms with E-state index in [-0.39, 0.29) is 23.1 Å². The number of aromatic nitrogens is 3. The van der Waals surface area contributed by atoms with Crippen LogP contribution in [0.4, 0.5) is 0 Å². The molecule has 0 unspecified atom stereocenters. The summed E-state index contributed by atoms with van der Waals surface area (Å²) in [6, 6.07) is 3.40. The highest BCUT2D eigenvalue weighted by Gasteiger charge is 2.27. The first-order valence-corrected chi connectivity index (χ1v) is 9.40. The van der Waals surface area contributed by atoms with Crippen molar-refractivity contribution in [3.8, 4) is 28.4 Å². The van der Waals surface area contributed by atoms with Gasteiger partial charge in [-0.2, -0.15) is 0 Å². The maximum atomic E-state index is 12.3. The summed E-state index contributed by atoms with van der Waals surface area (Å²) in [7, 11) is 5.70. The zero-order chi connectivity index (χ0) is 22.5. The van der Waals surface area contributed by atoms with Crippen LogP contribution in [0.1, 0.15) is 26.8 Å². The monoisotopic (exact) mass is 448 g/mol. The molecule has 164 valence electrons. The Kier molecular flexibility index (Phi) is 6.71. The molecule has 0 radical (unpaired) electrons. The summed E-state index contributed by atoms with van der Waals surface area (Å²) in [6.45, 7) is 0.0169. The first kappa shape index (κ1) is 22.0. The van der Waals surface area contributed by atoms with Crippen molar-refractivity contribution in [2.45, 2.75) is 6.54 Å². The number of hydrogen-bond donors (Lipinski definition) is 3. The lowest BCUT2D eigenvalue weighted by molar-refractivity contribution is 0.0594. The number of H-pyrrole nitrogens is 2. The minimum Gasteiger partial charge on any atom is -0.493 e. The normalized spacial score (nSPS) is 10.5. The van der Waals surface area contributed by atoms with Crippen LogP contribution in [0.15, 0.2) is 24.5 Å². The number of amides is 1. The molecule has 0 saturated heterocycles. The van der Waals surface area contributed by atoms with Gasteiger partial charge in [-0.1, -0.05) is 11.6 Å². The van der Waals surface area contributed by atoms with Gasteiger partial charge in [0.25, 0.3) is 5.91 Å². The van der Waals surface area contributed by atoms with Crippen molar-refractivity contribution in [1.82, 2.24) is 20.3 Å². The van der Waals surface area contributed by atoms with Crippen LogP contribution in [0, 0.1) is 0 Å². The van der Waals surface area contributed by atoms with E-state index in [0.717, 1.165) is 0 Å². The van der Waals surface area contributed by atoms with E-state index in [1.54, 1.807) is 12.1 Å². The summed E-state index contributed by atoms with van der Waals surface area (Å²) in [4.78, 5) is 34.1. The Hall–Kier alpha value is -3.66. The van der Waals surface area contributed by atoms with Gasteiger partial charge in [-0.15, -0.1) is 0 Å². The first-order valence-electron chi connectivity index (χ1n) is 9.02. The van der Waals surface area contributed by atoms with E-state index in [9.17, 15) is 9.59 Å². The fraction of sp³-hybridized carbons (Fsp3) is 0.250. The topological polar surface area (TPSA) is 128 Å². The molecule has 0 aliphatic carbocycles. The molecule has 31 heavy (non-hydrogen) atoms. The van der Waals surface area contributed by atoms with Gasteiger partial charge < -0.3 is 34.2 Å². The molecule has 0 spiro atoms. The molecule has 3 N–H and O–H groups in total. The Bertz CT molecular complexity index is 1090. The smallest absolute Gasteiger partial charge is 0.356 e. The average molecular weight is 449 g/mol. The maximum absolute atomic E-state index is 12.3. The summed E-state index contributed by atoms with van der Waals surface area (Å²) in [6.07, 6.45) is 3.01. The van der Waals surface area contributed by atoms with Gasteiger partial charge >= 0.3 is 5.97 Å². The van der Waals surface area contributed by atoms with E-state index in [1.807, 2.05) is 0 Å². The van der Waals surface area contributed by atoms with E-state index in [0.29, 0.717) is 34.1 Å². The van der Waals surface area contributed by atoms with Gasteiger partial charge in [0, 0.05) is 29.2 Å². The van der Waals surface area contributed by atoms with Crippen molar-refractivity contribution in [1.29, 1.82) is 0 Å². The molecule has 0 aliphatic rings. The quantitative estimate of drug-likeness (QED) is 0.452. The van der Waals surface area contributed by atoms with Crippen molar-refractivity contribution < 1.29 is 28.5 Å². The van der Waals surface area contributed by atoms with E-state index in [1.165, 1.54) is 40.8 Å². The Morgan fingerprint density at radius 3 is 2.42 bits per heavy atom. The maximum Gasteiger partial charge on any atom is 0.356 e. The molecule has 3 rings (SSSR count). The van der Waals surface area contributed by atoms with E-state index < -0.39 is 11.9 Å². The molecule has 0 fully saturated rings. The van der Waals surface area contributed by atoms with Crippen LogP contribution in [0.3, 0.4) is 0 Å². The molecule has 0 saturated carbocycles. The fourth-order valence-electron chi connectivity index (χ4n) is 3.12. The number of halogens is 1. The molecule has 10 nitrogen and oxygen atoms in total. The van der Waals surface area contributed by atoms with Gasteiger partial charge in [0.15, 0.2) is 17.3 Å². The standard InChI is InChI=1S/C20H21ClN4O6/c1-28-12-6-5-10(16(29-2)17(12)30-3)13-11(25-15(14(13)21)20(27)31-4)9-24-19(26)18-22-7-8-23-18/h5-8,25H,9H2,1-4H3,(H,22,23)(H,24,26). The van der Waals surface area contributed by atoms with Gasteiger partial charge in [0.2, 0.25) is 5.75 Å². The first-order chi connectivity index (χ1) is 15.0. The third kappa shape index (κ3) is 4.15. The molecular formula is C20H21ClN4O6. The minimum absolute atomic E-state index is 0.0169. The number of benzene rings is 1. The molecule has 0 bridgehead atoms. The molecule has 2 heterocycles. The van der Waals surface area contributed by atoms with Gasteiger partial charge in [-0.3, -0.25) is 4.79 Å². The van der Waals surface area contributed by atoms with Crippen LogP contribution < -0.4 is 19.5 Å². The predicted molar refractivity (Wildman–Crippen MR) is 112 cm³/mol. The van der Waals surface area contributed by atoms with Gasteiger partial charge in [0.05, 0.1) is 40.0 Å². The van der Waals surface area contributed by atoms with Gasteiger partial charge in [0.1, 0.15) is 5.69 Å². The molecule has 1 amide bonds. The number of nitrogens with one attached hydrogen (secondary N) is 3. The highest BCUT2D eigenvalue weighted by molar-refractivity contribution is 6.36. The highest BCUT2D eigenvalue weighted by atomic mass is 35.5. The molecule has 1 aromatic carbocycles. The van der Waals surface area contributed by atoms with Crippen LogP contribution in [0.2, 0.25) is 5.02 Å². The minimum atomic E-state index is -0.658. The number of imidazole rings is 1. The number of aromatic amines is 2. The summed E-state index contributed by atoms with van der Waals surface area (Å²) in [5.41, 5.74) is 1.47. The Morgan fingerprint density at radius 2 is 1.84 bits per heavy atom. The molecule has 2 aromatic heterocycles. The predicted octanol–water partition coefficient (Wildman–Crippen LogP) is 2.80. The molecule has 3 aromatic rings. The molecule has 0 aliphatic heterocycles. The van der Waals surface area contributed by atoms with Crippen molar-refractivity contribution in [3.05, 3.63) is 46.8 Å². The number of hydrogen-bond acceptors (Lipinski definition) is 7. The number of rotatable bonds is 8. The largest absolute Gasteiger partial charge is 0.493 e. The third-order valence-electron chi connectivity index (χ3n) is 4.52. The lowest BCUT2D eigenvalue weighted by Gasteiger charge is -2.16. The van der Waals surface area contributed by atoms with Crippen molar-refractivity contribution in [2.24, 2.45) is 0 Å². The van der Waals surface area contributed by atoms with Crippen molar-refractivity contribution >= 4 is 23.5 Å². The van der Waals surface area contributed by atoms with E-state index >= 15 is 0 Å². The third-order valence-corrected chi connectivity index (χ3v) is 4.90. The number of esters is 1. The molecule has 0 atom stereocenters. The summed E-state index contributed by atoms with van der Waals surface area (Å²) in [5.74, 6) is 0.212. The number of ether oxygens (including phenoxy) is 4. The summed E-state index contributed by atoms with van der Waals surface area (Å²) >= 11 is 6.56. The Morgan fingerprint density at radius 1 is 1.10 bits per heavy atom. The fourth-order valence-corrected chi connectivity index (χ4v) is 3.46. The van der Waals surface area contributed by atoms with E-state index in [4.69, 9.17) is 30.5 Å². The molecule has 11 heteroatoms. The number of methoxy groups -OCH3 is 4. The number of carbonyl (C=O) groups is 2. The van der Waals surface area contributed by atoms with Crippen LogP contribution in [0.25, 0.3) is 11.1 Å². The Balaban J connectivity index is 2.11. The number of carbonyl (C=O) groups excluding carboxylic acids is 2. The van der Waals surface area contributed by atoms with Crippen molar-refractivity contribution in [2.75, 3.05) is 28.4 Å². The molecular weight excluding hydrogens is 428 g/mol. The van der Waals surface area contributed by atoms with Crippen LogP contribution >= 0.6 is 11.6 Å². The second-order valence-corrected chi connectivity index (χ2v) is 6.54. The summed E-state index contributed by atoms with van der Waals surface area (Å²) < 4.78 is 21.1. The lowest BCUT2D eigenvalue weighted by Crippen LogP contribution is -2.24. The zero-order valence-corrected chi connectivity index (χ0v) is 18.0. The van der Waals surface area contributed by atoms with E-state index in [2.05, 4.69) is 20.3 Å². The number of nitrogens with zero attached hydrogens (tertiary/aromatic N) is 1. The second kappa shape index (κ2) is 9.43. The average Bonchev–Trinajstić information content (AvgIpc) is 3.44. The van der Waals surface area contributed by atoms with Crippen LogP contribution in [-0.4, -0.2) is 55.3 Å². The van der Waals surface area contributed by atoms with Crippen LogP contribution in [0.5, 0.6) is 17.2 Å².